The van der Waals surface area contributed by atoms with E-state index in [1.54, 1.807) is 0 Å². The molecule has 0 bridgehead atoms. The number of benzene rings is 1. The third kappa shape index (κ3) is 3.81. The molecule has 1 aromatic carbocycles. The molecule has 7 nitrogen and oxygen atoms in total. The Kier molecular flexibility index (Phi) is 5.48. The third-order valence-corrected chi connectivity index (χ3v) is 6.00. The zero-order valence-electron chi connectivity index (χ0n) is 14.8. The van der Waals surface area contributed by atoms with Crippen LogP contribution in [0.25, 0.3) is 0 Å². The molecule has 1 heterocycles. The molecule has 1 atom stereocenters. The molecule has 2 N–H and O–H groups in total. The lowest BCUT2D eigenvalue weighted by molar-refractivity contribution is -0.385. The van der Waals surface area contributed by atoms with Crippen molar-refractivity contribution in [3.8, 4) is 0 Å². The van der Waals surface area contributed by atoms with Gasteiger partial charge in [-0.2, -0.15) is 0 Å². The number of nitro groups is 1. The van der Waals surface area contributed by atoms with E-state index in [1.165, 1.54) is 36.6 Å². The first-order valence-electron chi connectivity index (χ1n) is 8.43. The maximum Gasteiger partial charge on any atom is 0.282 e. The lowest BCUT2D eigenvalue weighted by Gasteiger charge is -2.18. The van der Waals surface area contributed by atoms with Crippen LogP contribution < -0.4 is 10.6 Å². The number of hydrogen-bond acceptors (Lipinski definition) is 5. The second kappa shape index (κ2) is 7.66. The van der Waals surface area contributed by atoms with Crippen molar-refractivity contribution in [2.75, 3.05) is 12.4 Å². The summed E-state index contributed by atoms with van der Waals surface area (Å²) in [6.45, 7) is 2.15. The molecular formula is C18H18ClN3O4S. The second-order valence-electron chi connectivity index (χ2n) is 6.51. The van der Waals surface area contributed by atoms with Crippen molar-refractivity contribution >= 4 is 45.4 Å². The number of nitrogens with one attached hydrogen (secondary N) is 2. The van der Waals surface area contributed by atoms with Crippen LogP contribution >= 0.6 is 22.9 Å². The van der Waals surface area contributed by atoms with Gasteiger partial charge in [-0.15, -0.1) is 11.3 Å². The highest BCUT2D eigenvalue weighted by Gasteiger charge is 2.29. The topological polar surface area (TPSA) is 101 Å². The molecule has 2 amide bonds. The van der Waals surface area contributed by atoms with Gasteiger partial charge in [-0.05, 0) is 42.9 Å². The van der Waals surface area contributed by atoms with Crippen LogP contribution in [0, 0.1) is 16.0 Å². The number of halogens is 1. The predicted octanol–water partition coefficient (Wildman–Crippen LogP) is 4.05. The number of rotatable bonds is 4. The Morgan fingerprint density at radius 3 is 2.74 bits per heavy atom. The van der Waals surface area contributed by atoms with Crippen molar-refractivity contribution in [2.45, 2.75) is 26.2 Å². The van der Waals surface area contributed by atoms with Crippen LogP contribution in [-0.2, 0) is 12.8 Å². The smallest absolute Gasteiger partial charge is 0.282 e. The molecule has 0 saturated carbocycles. The summed E-state index contributed by atoms with van der Waals surface area (Å²) in [4.78, 5) is 36.8. The summed E-state index contributed by atoms with van der Waals surface area (Å²) in [6.07, 6.45) is 2.58. The normalized spacial score (nSPS) is 15.7. The first-order valence-corrected chi connectivity index (χ1v) is 9.63. The van der Waals surface area contributed by atoms with Gasteiger partial charge < -0.3 is 10.6 Å². The van der Waals surface area contributed by atoms with Crippen LogP contribution in [0.1, 0.15) is 44.5 Å². The standard InChI is InChI=1S/C18H18ClN3O4S/c1-9-3-5-11-14(7-9)27-18(15(11)17(24)20-2)21-16(23)12-8-10(19)4-6-13(12)22(25)26/h4,6,8-9H,3,5,7H2,1-2H3,(H,20,24)(H,21,23)/t9-/m0/s1. The Labute approximate surface area is 164 Å². The monoisotopic (exact) mass is 407 g/mol. The number of amides is 2. The van der Waals surface area contributed by atoms with Gasteiger partial charge in [0.25, 0.3) is 17.5 Å². The van der Waals surface area contributed by atoms with E-state index in [2.05, 4.69) is 17.6 Å². The van der Waals surface area contributed by atoms with Gasteiger partial charge in [-0.25, -0.2) is 0 Å². The average Bonchev–Trinajstić information content (AvgIpc) is 2.97. The molecule has 1 aromatic heterocycles. The Balaban J connectivity index is 2.01. The summed E-state index contributed by atoms with van der Waals surface area (Å²) in [7, 11) is 1.53. The molecule has 0 fully saturated rings. The molecular weight excluding hydrogens is 390 g/mol. The Morgan fingerprint density at radius 2 is 2.07 bits per heavy atom. The van der Waals surface area contributed by atoms with Crippen LogP contribution in [0.15, 0.2) is 18.2 Å². The van der Waals surface area contributed by atoms with Crippen molar-refractivity contribution in [1.29, 1.82) is 0 Å². The Hall–Kier alpha value is -2.45. The molecule has 1 aliphatic rings. The number of hydrogen-bond donors (Lipinski definition) is 2. The van der Waals surface area contributed by atoms with Crippen molar-refractivity contribution in [3.63, 3.8) is 0 Å². The van der Waals surface area contributed by atoms with Crippen LogP contribution in [0.5, 0.6) is 0 Å². The fourth-order valence-electron chi connectivity index (χ4n) is 3.22. The van der Waals surface area contributed by atoms with Gasteiger partial charge in [0.05, 0.1) is 10.5 Å². The summed E-state index contributed by atoms with van der Waals surface area (Å²) in [5, 5.41) is 17.2. The van der Waals surface area contributed by atoms with Gasteiger partial charge >= 0.3 is 0 Å². The minimum atomic E-state index is -0.666. The third-order valence-electron chi connectivity index (χ3n) is 4.59. The first-order chi connectivity index (χ1) is 12.8. The van der Waals surface area contributed by atoms with Gasteiger partial charge in [-0.1, -0.05) is 18.5 Å². The summed E-state index contributed by atoms with van der Waals surface area (Å²) in [5.41, 5.74) is 0.916. The highest BCUT2D eigenvalue weighted by Crippen LogP contribution is 2.40. The molecule has 9 heteroatoms. The minimum absolute atomic E-state index is 0.143. The second-order valence-corrected chi connectivity index (χ2v) is 8.05. The van der Waals surface area contributed by atoms with E-state index in [0.717, 1.165) is 29.7 Å². The molecule has 0 spiro atoms. The summed E-state index contributed by atoms with van der Waals surface area (Å²) in [6, 6.07) is 3.81. The highest BCUT2D eigenvalue weighted by molar-refractivity contribution is 7.17. The number of nitro benzene ring substituents is 1. The van der Waals surface area contributed by atoms with E-state index in [1.807, 2.05) is 0 Å². The molecule has 0 radical (unpaired) electrons. The van der Waals surface area contributed by atoms with Gasteiger partial charge in [0, 0.05) is 23.0 Å². The quantitative estimate of drug-likeness (QED) is 0.589. The van der Waals surface area contributed by atoms with Gasteiger partial charge in [0.1, 0.15) is 10.6 Å². The van der Waals surface area contributed by atoms with Crippen LogP contribution in [0.3, 0.4) is 0 Å². The van der Waals surface area contributed by atoms with Gasteiger partial charge in [0.15, 0.2) is 0 Å². The molecule has 1 aliphatic carbocycles. The highest BCUT2D eigenvalue weighted by atomic mass is 35.5. The van der Waals surface area contributed by atoms with Crippen LogP contribution in [0.4, 0.5) is 10.7 Å². The number of fused-ring (bicyclic) bond motifs is 1. The zero-order valence-corrected chi connectivity index (χ0v) is 16.4. The molecule has 142 valence electrons. The zero-order chi connectivity index (χ0) is 19.7. The van der Waals surface area contributed by atoms with Crippen molar-refractivity contribution < 1.29 is 14.5 Å². The molecule has 0 unspecified atom stereocenters. The number of thiophene rings is 1. The van der Waals surface area contributed by atoms with Crippen LogP contribution in [-0.4, -0.2) is 23.8 Å². The number of carbonyl (C=O) groups excluding carboxylic acids is 2. The maximum absolute atomic E-state index is 12.7. The van der Waals surface area contributed by atoms with E-state index < -0.39 is 10.8 Å². The van der Waals surface area contributed by atoms with E-state index in [9.17, 15) is 19.7 Å². The van der Waals surface area contributed by atoms with Crippen LogP contribution in [0.2, 0.25) is 5.02 Å². The first kappa shape index (κ1) is 19.3. The van der Waals surface area contributed by atoms with E-state index in [-0.39, 0.29) is 22.2 Å². The molecule has 2 aromatic rings. The number of anilines is 1. The lowest BCUT2D eigenvalue weighted by Crippen LogP contribution is -2.23. The van der Waals surface area contributed by atoms with Gasteiger partial charge in [0.2, 0.25) is 0 Å². The number of nitrogens with zero attached hydrogens (tertiary/aromatic N) is 1. The van der Waals surface area contributed by atoms with Crippen molar-refractivity contribution in [3.05, 3.63) is 54.9 Å². The fourth-order valence-corrected chi connectivity index (χ4v) is 4.80. The molecule has 3 rings (SSSR count). The summed E-state index contributed by atoms with van der Waals surface area (Å²) < 4.78 is 0. The van der Waals surface area contributed by atoms with E-state index >= 15 is 0 Å². The van der Waals surface area contributed by atoms with E-state index in [4.69, 9.17) is 11.6 Å². The largest absolute Gasteiger partial charge is 0.355 e. The predicted molar refractivity (Wildman–Crippen MR) is 105 cm³/mol. The SMILES string of the molecule is CNC(=O)c1c(NC(=O)c2cc(Cl)ccc2[N+](=O)[O-])sc2c1CC[C@H](C)C2. The number of carbonyl (C=O) groups is 2. The summed E-state index contributed by atoms with van der Waals surface area (Å²) in [5.74, 6) is -0.440. The molecule has 27 heavy (non-hydrogen) atoms. The fraction of sp³-hybridized carbons (Fsp3) is 0.333. The average molecular weight is 408 g/mol. The summed E-state index contributed by atoms with van der Waals surface area (Å²) >= 11 is 7.26. The van der Waals surface area contributed by atoms with Gasteiger partial charge in [-0.3, -0.25) is 19.7 Å². The minimum Gasteiger partial charge on any atom is -0.355 e. The van der Waals surface area contributed by atoms with E-state index in [0.29, 0.717) is 16.5 Å². The van der Waals surface area contributed by atoms with Crippen molar-refractivity contribution in [1.82, 2.24) is 5.32 Å². The Bertz CT molecular complexity index is 941. The molecule has 0 saturated heterocycles. The lowest BCUT2D eigenvalue weighted by atomic mass is 9.88. The maximum atomic E-state index is 12.7. The van der Waals surface area contributed by atoms with Crippen molar-refractivity contribution in [2.24, 2.45) is 5.92 Å². The Morgan fingerprint density at radius 1 is 1.33 bits per heavy atom. The molecule has 0 aliphatic heterocycles.